The lowest BCUT2D eigenvalue weighted by molar-refractivity contribution is 1.14. The van der Waals surface area contributed by atoms with E-state index in [1.807, 2.05) is 36.5 Å². The first-order valence-electron chi connectivity index (χ1n) is 7.09. The second-order valence-corrected chi connectivity index (χ2v) is 5.01. The number of allylic oxidation sites excluding steroid dienone is 1. The van der Waals surface area contributed by atoms with E-state index >= 15 is 0 Å². The van der Waals surface area contributed by atoms with E-state index in [1.165, 1.54) is 5.56 Å². The molecule has 3 aromatic rings. The molecule has 0 radical (unpaired) electrons. The summed E-state index contributed by atoms with van der Waals surface area (Å²) >= 11 is 0. The number of hydrogen-bond acceptors (Lipinski definition) is 1. The molecule has 0 atom stereocenters. The lowest BCUT2D eigenvalue weighted by Gasteiger charge is -2.00. The molecule has 1 N–H and O–H groups in total. The number of para-hydroxylation sites is 1. The summed E-state index contributed by atoms with van der Waals surface area (Å²) in [4.78, 5) is 3.22. The summed E-state index contributed by atoms with van der Waals surface area (Å²) in [6.07, 6.45) is 4.87. The Kier molecular flexibility index (Phi) is 3.57. The second-order valence-electron chi connectivity index (χ2n) is 5.01. The largest absolute Gasteiger partial charge is 0.361 e. The summed E-state index contributed by atoms with van der Waals surface area (Å²) < 4.78 is 0. The van der Waals surface area contributed by atoms with Gasteiger partial charge in [-0.15, -0.1) is 0 Å². The quantitative estimate of drug-likeness (QED) is 0.684. The molecule has 0 unspecified atom stereocenters. The van der Waals surface area contributed by atoms with Crippen LogP contribution in [0, 0.1) is 11.3 Å². The fourth-order valence-electron chi connectivity index (χ4n) is 2.48. The maximum atomic E-state index is 9.49. The van der Waals surface area contributed by atoms with Crippen LogP contribution in [0.1, 0.15) is 23.6 Å². The van der Waals surface area contributed by atoms with Gasteiger partial charge >= 0.3 is 0 Å². The van der Waals surface area contributed by atoms with Crippen molar-refractivity contribution in [1.29, 1.82) is 5.26 Å². The van der Waals surface area contributed by atoms with Crippen LogP contribution >= 0.6 is 0 Å². The highest BCUT2D eigenvalue weighted by Crippen LogP contribution is 2.26. The van der Waals surface area contributed by atoms with Crippen LogP contribution in [-0.4, -0.2) is 4.98 Å². The predicted molar refractivity (Wildman–Crippen MR) is 87.6 cm³/mol. The molecule has 2 heteroatoms. The molecule has 0 aliphatic rings. The highest BCUT2D eigenvalue weighted by molar-refractivity contribution is 6.01. The van der Waals surface area contributed by atoms with Gasteiger partial charge in [0.25, 0.3) is 0 Å². The molecule has 0 saturated carbocycles. The van der Waals surface area contributed by atoms with E-state index in [4.69, 9.17) is 0 Å². The first kappa shape index (κ1) is 13.2. The number of nitrogens with zero attached hydrogens (tertiary/aromatic N) is 1. The van der Waals surface area contributed by atoms with Crippen molar-refractivity contribution in [3.8, 4) is 6.07 Å². The van der Waals surface area contributed by atoms with Crippen LogP contribution in [0.25, 0.3) is 22.6 Å². The van der Waals surface area contributed by atoms with Gasteiger partial charge in [-0.25, -0.2) is 0 Å². The maximum Gasteiger partial charge on any atom is 0.0998 e. The highest BCUT2D eigenvalue weighted by Gasteiger charge is 2.07. The van der Waals surface area contributed by atoms with Crippen LogP contribution in [0.2, 0.25) is 0 Å². The molecule has 0 aliphatic heterocycles. The van der Waals surface area contributed by atoms with Crippen molar-refractivity contribution < 1.29 is 0 Å². The number of benzene rings is 2. The number of nitrogens with one attached hydrogen (secondary N) is 1. The summed E-state index contributed by atoms with van der Waals surface area (Å²) in [6.45, 7) is 2.14. The van der Waals surface area contributed by atoms with Crippen LogP contribution in [0.4, 0.5) is 0 Å². The summed E-state index contributed by atoms with van der Waals surface area (Å²) in [5, 5.41) is 10.6. The number of fused-ring (bicyclic) bond motifs is 1. The van der Waals surface area contributed by atoms with Crippen LogP contribution in [-0.2, 0) is 6.42 Å². The van der Waals surface area contributed by atoms with Crippen molar-refractivity contribution in [3.05, 3.63) is 71.4 Å². The molecule has 102 valence electrons. The van der Waals surface area contributed by atoms with Crippen molar-refractivity contribution in [2.75, 3.05) is 0 Å². The molecule has 1 heterocycles. The molecule has 3 rings (SSSR count). The normalized spacial score (nSPS) is 11.5. The second kappa shape index (κ2) is 5.68. The topological polar surface area (TPSA) is 39.6 Å². The zero-order valence-electron chi connectivity index (χ0n) is 11.9. The minimum atomic E-state index is 0.677. The van der Waals surface area contributed by atoms with Gasteiger partial charge in [0.05, 0.1) is 11.6 Å². The van der Waals surface area contributed by atoms with E-state index in [0.717, 1.165) is 28.5 Å². The van der Waals surface area contributed by atoms with Crippen molar-refractivity contribution in [2.45, 2.75) is 13.3 Å². The molecule has 0 bridgehead atoms. The number of H-pyrrole nitrogens is 1. The average molecular weight is 272 g/mol. The smallest absolute Gasteiger partial charge is 0.0998 e. The number of rotatable bonds is 3. The molecule has 2 nitrogen and oxygen atoms in total. The van der Waals surface area contributed by atoms with Gasteiger partial charge in [-0.3, -0.25) is 0 Å². The Labute approximate surface area is 124 Å². The number of aromatic amines is 1. The Hall–Kier alpha value is -2.79. The number of aromatic nitrogens is 1. The minimum absolute atomic E-state index is 0.677. The SMILES string of the molecule is CCc1ccc(/C=C(\C#N)c2c[nH]c3ccccc23)cc1. The molecule has 1 aromatic heterocycles. The summed E-state index contributed by atoms with van der Waals surface area (Å²) in [5.74, 6) is 0. The number of aryl methyl sites for hydroxylation is 1. The van der Waals surface area contributed by atoms with E-state index in [9.17, 15) is 5.26 Å². The molecule has 0 aliphatic carbocycles. The third-order valence-electron chi connectivity index (χ3n) is 3.70. The van der Waals surface area contributed by atoms with E-state index in [0.29, 0.717) is 5.57 Å². The summed E-state index contributed by atoms with van der Waals surface area (Å²) in [7, 11) is 0. The van der Waals surface area contributed by atoms with Gasteiger partial charge in [-0.05, 0) is 29.7 Å². The summed E-state index contributed by atoms with van der Waals surface area (Å²) in [6, 6.07) is 18.7. The third kappa shape index (κ3) is 2.59. The zero-order chi connectivity index (χ0) is 14.7. The highest BCUT2D eigenvalue weighted by atomic mass is 14.7. The van der Waals surface area contributed by atoms with Gasteiger partial charge in [0.1, 0.15) is 0 Å². The van der Waals surface area contributed by atoms with E-state index < -0.39 is 0 Å². The monoisotopic (exact) mass is 272 g/mol. The minimum Gasteiger partial charge on any atom is -0.361 e. The first-order chi connectivity index (χ1) is 10.3. The lowest BCUT2D eigenvalue weighted by Crippen LogP contribution is -1.82. The molecule has 0 amide bonds. The van der Waals surface area contributed by atoms with Crippen LogP contribution < -0.4 is 0 Å². The van der Waals surface area contributed by atoms with E-state index in [-0.39, 0.29) is 0 Å². The van der Waals surface area contributed by atoms with Crippen molar-refractivity contribution in [1.82, 2.24) is 4.98 Å². The van der Waals surface area contributed by atoms with Crippen molar-refractivity contribution >= 4 is 22.6 Å². The molecular formula is C19H16N2. The van der Waals surface area contributed by atoms with Crippen LogP contribution in [0.15, 0.2) is 54.7 Å². The molecule has 0 saturated heterocycles. The fourth-order valence-corrected chi connectivity index (χ4v) is 2.48. The molecule has 2 aromatic carbocycles. The third-order valence-corrected chi connectivity index (χ3v) is 3.70. The van der Waals surface area contributed by atoms with Gasteiger partial charge in [0.15, 0.2) is 0 Å². The van der Waals surface area contributed by atoms with Crippen LogP contribution in [0.3, 0.4) is 0 Å². The maximum absolute atomic E-state index is 9.49. The number of nitriles is 1. The van der Waals surface area contributed by atoms with Gasteiger partial charge in [0.2, 0.25) is 0 Å². The van der Waals surface area contributed by atoms with Crippen molar-refractivity contribution in [3.63, 3.8) is 0 Å². The fraction of sp³-hybridized carbons (Fsp3) is 0.105. The first-order valence-corrected chi connectivity index (χ1v) is 7.09. The van der Waals surface area contributed by atoms with Crippen molar-refractivity contribution in [2.24, 2.45) is 0 Å². The Morgan fingerprint density at radius 1 is 1.14 bits per heavy atom. The average Bonchev–Trinajstić information content (AvgIpc) is 2.97. The molecule has 0 fully saturated rings. The Bertz CT molecular complexity index is 830. The van der Waals surface area contributed by atoms with E-state index in [1.54, 1.807) is 0 Å². The molecule has 21 heavy (non-hydrogen) atoms. The van der Waals surface area contributed by atoms with Gasteiger partial charge < -0.3 is 4.98 Å². The zero-order valence-corrected chi connectivity index (χ0v) is 11.9. The van der Waals surface area contributed by atoms with Gasteiger partial charge in [-0.2, -0.15) is 5.26 Å². The lowest BCUT2D eigenvalue weighted by atomic mass is 10.0. The molecular weight excluding hydrogens is 256 g/mol. The van der Waals surface area contributed by atoms with E-state index in [2.05, 4.69) is 42.2 Å². The Balaban J connectivity index is 2.05. The van der Waals surface area contributed by atoms with Crippen LogP contribution in [0.5, 0.6) is 0 Å². The molecule has 0 spiro atoms. The Morgan fingerprint density at radius 3 is 2.62 bits per heavy atom. The number of hydrogen-bond donors (Lipinski definition) is 1. The van der Waals surface area contributed by atoms with Gasteiger partial charge in [0, 0.05) is 22.7 Å². The standard InChI is InChI=1S/C19H16N2/c1-2-14-7-9-15(10-8-14)11-16(12-20)18-13-21-19-6-4-3-5-17(18)19/h3-11,13,21H,2H2,1H3/b16-11+. The predicted octanol–water partition coefficient (Wildman–Crippen LogP) is 4.79. The Morgan fingerprint density at radius 2 is 1.90 bits per heavy atom. The summed E-state index contributed by atoms with van der Waals surface area (Å²) in [5.41, 5.74) is 5.03. The van der Waals surface area contributed by atoms with Gasteiger partial charge in [-0.1, -0.05) is 49.4 Å².